The van der Waals surface area contributed by atoms with Gasteiger partial charge >= 0.3 is 0 Å². The lowest BCUT2D eigenvalue weighted by Crippen LogP contribution is -2.32. The number of aryl methyl sites for hydroxylation is 1. The van der Waals surface area contributed by atoms with Gasteiger partial charge in [0.15, 0.2) is 0 Å². The van der Waals surface area contributed by atoms with Crippen molar-refractivity contribution in [2.24, 2.45) is 0 Å². The topological polar surface area (TPSA) is 24.1 Å². The van der Waals surface area contributed by atoms with Crippen LogP contribution in [0.15, 0.2) is 11.4 Å². The summed E-state index contributed by atoms with van der Waals surface area (Å²) >= 11 is 1.86. The Labute approximate surface area is 97.1 Å². The monoisotopic (exact) mass is 226 g/mol. The van der Waals surface area contributed by atoms with Gasteiger partial charge in [-0.3, -0.25) is 0 Å². The summed E-state index contributed by atoms with van der Waals surface area (Å²) < 4.78 is 0. The summed E-state index contributed by atoms with van der Waals surface area (Å²) in [4.78, 5) is 1.51. The van der Waals surface area contributed by atoms with Gasteiger partial charge in [-0.2, -0.15) is 0 Å². The molecule has 0 aliphatic rings. The van der Waals surface area contributed by atoms with Crippen molar-refractivity contribution in [3.05, 3.63) is 21.9 Å². The Hall–Kier alpha value is -0.380. The van der Waals surface area contributed by atoms with E-state index in [1.807, 2.05) is 11.3 Å². The molecule has 0 fully saturated rings. The molecule has 15 heavy (non-hydrogen) atoms. The van der Waals surface area contributed by atoms with Gasteiger partial charge in [0.25, 0.3) is 0 Å². The largest absolute Gasteiger partial charge is 0.315 e. The van der Waals surface area contributed by atoms with Crippen molar-refractivity contribution in [3.8, 4) is 0 Å². The van der Waals surface area contributed by atoms with Crippen molar-refractivity contribution in [1.82, 2.24) is 10.6 Å². The Balaban J connectivity index is 2.00. The third-order valence-corrected chi connectivity index (χ3v) is 3.43. The number of hydrogen-bond acceptors (Lipinski definition) is 3. The molecule has 0 aromatic carbocycles. The second-order valence-corrected chi connectivity index (χ2v) is 5.14. The molecule has 0 radical (unpaired) electrons. The number of thiophene rings is 1. The number of rotatable bonds is 7. The lowest BCUT2D eigenvalue weighted by molar-refractivity contribution is 0.557. The van der Waals surface area contributed by atoms with Crippen molar-refractivity contribution < 1.29 is 0 Å². The number of hydrogen-bond donors (Lipinski definition) is 2. The van der Waals surface area contributed by atoms with E-state index < -0.39 is 0 Å². The first-order valence-electron chi connectivity index (χ1n) is 5.67. The first-order valence-corrected chi connectivity index (χ1v) is 6.55. The summed E-state index contributed by atoms with van der Waals surface area (Å²) in [5, 5.41) is 9.01. The molecule has 1 heterocycles. The molecular formula is C12H22N2S. The van der Waals surface area contributed by atoms with Crippen molar-refractivity contribution in [3.63, 3.8) is 0 Å². The summed E-state index contributed by atoms with van der Waals surface area (Å²) in [5.74, 6) is 0. The average molecular weight is 226 g/mol. The zero-order chi connectivity index (χ0) is 11.1. The molecule has 1 rings (SSSR count). The van der Waals surface area contributed by atoms with Crippen LogP contribution in [0.1, 0.15) is 24.3 Å². The summed E-state index contributed by atoms with van der Waals surface area (Å²) in [6.45, 7) is 9.74. The lowest BCUT2D eigenvalue weighted by atomic mass is 10.2. The molecule has 0 amide bonds. The molecule has 0 unspecified atom stereocenters. The summed E-state index contributed by atoms with van der Waals surface area (Å²) in [6, 6.07) is 2.78. The molecule has 1 aromatic heterocycles. The van der Waals surface area contributed by atoms with E-state index in [9.17, 15) is 0 Å². The van der Waals surface area contributed by atoms with Gasteiger partial charge < -0.3 is 10.6 Å². The van der Waals surface area contributed by atoms with Crippen molar-refractivity contribution in [1.29, 1.82) is 0 Å². The van der Waals surface area contributed by atoms with Crippen molar-refractivity contribution in [2.45, 2.75) is 33.2 Å². The van der Waals surface area contributed by atoms with E-state index in [4.69, 9.17) is 0 Å². The minimum absolute atomic E-state index is 0.589. The molecule has 0 bridgehead atoms. The van der Waals surface area contributed by atoms with Crippen molar-refractivity contribution in [2.75, 3.05) is 19.6 Å². The lowest BCUT2D eigenvalue weighted by Gasteiger charge is -2.08. The smallest absolute Gasteiger partial charge is 0.00870 e. The quantitative estimate of drug-likeness (QED) is 0.696. The van der Waals surface area contributed by atoms with E-state index in [1.165, 1.54) is 10.4 Å². The Morgan fingerprint density at radius 2 is 2.07 bits per heavy atom. The highest BCUT2D eigenvalue weighted by molar-refractivity contribution is 7.10. The summed E-state index contributed by atoms with van der Waals surface area (Å²) in [5.41, 5.74) is 1.43. The SMILES string of the molecule is Cc1ccsc1CCNCCNC(C)C. The van der Waals surface area contributed by atoms with Crippen LogP contribution in [0.4, 0.5) is 0 Å². The van der Waals surface area contributed by atoms with E-state index in [0.29, 0.717) is 6.04 Å². The minimum Gasteiger partial charge on any atom is -0.315 e. The molecule has 2 N–H and O–H groups in total. The van der Waals surface area contributed by atoms with Gasteiger partial charge in [-0.1, -0.05) is 13.8 Å². The van der Waals surface area contributed by atoms with E-state index in [0.717, 1.165) is 26.1 Å². The van der Waals surface area contributed by atoms with E-state index in [1.54, 1.807) is 0 Å². The first-order chi connectivity index (χ1) is 7.20. The normalized spacial score (nSPS) is 11.2. The second kappa shape index (κ2) is 6.99. The van der Waals surface area contributed by atoms with E-state index in [-0.39, 0.29) is 0 Å². The van der Waals surface area contributed by atoms with E-state index in [2.05, 4.69) is 42.9 Å². The van der Waals surface area contributed by atoms with Gasteiger partial charge in [0.05, 0.1) is 0 Å². The number of nitrogens with one attached hydrogen (secondary N) is 2. The fourth-order valence-electron chi connectivity index (χ4n) is 1.44. The predicted molar refractivity (Wildman–Crippen MR) is 68.8 cm³/mol. The van der Waals surface area contributed by atoms with Crippen LogP contribution in [0.2, 0.25) is 0 Å². The summed E-state index contributed by atoms with van der Waals surface area (Å²) in [7, 11) is 0. The zero-order valence-electron chi connectivity index (χ0n) is 9.97. The Morgan fingerprint density at radius 1 is 1.27 bits per heavy atom. The highest BCUT2D eigenvalue weighted by Gasteiger charge is 1.98. The molecule has 0 aliphatic heterocycles. The van der Waals surface area contributed by atoms with Crippen LogP contribution >= 0.6 is 11.3 Å². The molecule has 1 aromatic rings. The summed E-state index contributed by atoms with van der Waals surface area (Å²) in [6.07, 6.45) is 1.16. The van der Waals surface area contributed by atoms with Crippen LogP contribution in [-0.2, 0) is 6.42 Å². The molecule has 2 nitrogen and oxygen atoms in total. The third kappa shape index (κ3) is 5.30. The maximum atomic E-state index is 3.45. The minimum atomic E-state index is 0.589. The van der Waals surface area contributed by atoms with Crippen molar-refractivity contribution >= 4 is 11.3 Å². The van der Waals surface area contributed by atoms with Crippen LogP contribution in [0, 0.1) is 6.92 Å². The average Bonchev–Trinajstić information content (AvgIpc) is 2.57. The Bertz CT molecular complexity index is 268. The standard InChI is InChI=1S/C12H22N2S/c1-10(2)14-8-7-13-6-4-12-11(3)5-9-15-12/h5,9-10,13-14H,4,6-8H2,1-3H3. The van der Waals surface area contributed by atoms with Gasteiger partial charge in [-0.25, -0.2) is 0 Å². The van der Waals surface area contributed by atoms with Crippen LogP contribution in [0.3, 0.4) is 0 Å². The maximum Gasteiger partial charge on any atom is 0.00870 e. The van der Waals surface area contributed by atoms with Crippen LogP contribution < -0.4 is 10.6 Å². The molecule has 0 saturated carbocycles. The zero-order valence-corrected chi connectivity index (χ0v) is 10.8. The highest BCUT2D eigenvalue weighted by atomic mass is 32.1. The highest BCUT2D eigenvalue weighted by Crippen LogP contribution is 2.15. The first kappa shape index (κ1) is 12.7. The maximum absolute atomic E-state index is 3.45. The Morgan fingerprint density at radius 3 is 2.67 bits per heavy atom. The van der Waals surface area contributed by atoms with Gasteiger partial charge in [-0.05, 0) is 30.4 Å². The third-order valence-electron chi connectivity index (χ3n) is 2.35. The molecule has 86 valence electrons. The van der Waals surface area contributed by atoms with Gasteiger partial charge in [-0.15, -0.1) is 11.3 Å². The van der Waals surface area contributed by atoms with E-state index >= 15 is 0 Å². The molecule has 0 saturated heterocycles. The van der Waals surface area contributed by atoms with Crippen LogP contribution in [-0.4, -0.2) is 25.7 Å². The fraction of sp³-hybridized carbons (Fsp3) is 0.667. The second-order valence-electron chi connectivity index (χ2n) is 4.14. The van der Waals surface area contributed by atoms with Gasteiger partial charge in [0.1, 0.15) is 0 Å². The fourth-order valence-corrected chi connectivity index (χ4v) is 2.35. The molecule has 0 atom stereocenters. The van der Waals surface area contributed by atoms with Crippen LogP contribution in [0.5, 0.6) is 0 Å². The molecule has 0 aliphatic carbocycles. The predicted octanol–water partition coefficient (Wildman–Crippen LogP) is 2.19. The molecule has 0 spiro atoms. The van der Waals surface area contributed by atoms with Gasteiger partial charge in [0.2, 0.25) is 0 Å². The Kier molecular flexibility index (Phi) is 5.91. The molecular weight excluding hydrogens is 204 g/mol. The molecule has 3 heteroatoms. The van der Waals surface area contributed by atoms with Crippen LogP contribution in [0.25, 0.3) is 0 Å². The van der Waals surface area contributed by atoms with Gasteiger partial charge in [0, 0.05) is 30.6 Å².